The van der Waals surface area contributed by atoms with Crippen molar-refractivity contribution in [2.45, 2.75) is 26.0 Å². The SMILES string of the molecule is C[C@@H](O)[C@H]1C(=O)N2C(C(=O)O)=C(C#Cc3cn4cncc4s3)[C@H](C)[C@H]12. The van der Waals surface area contributed by atoms with Crippen molar-refractivity contribution in [3.05, 3.63) is 34.9 Å². The number of carboxylic acid groups (broad SMARTS) is 1. The maximum atomic E-state index is 12.3. The number of fused-ring (bicyclic) bond motifs is 2. The van der Waals surface area contributed by atoms with E-state index in [1.165, 1.54) is 16.2 Å². The van der Waals surface area contributed by atoms with Gasteiger partial charge in [0.2, 0.25) is 5.91 Å². The van der Waals surface area contributed by atoms with Crippen LogP contribution in [-0.2, 0) is 9.59 Å². The van der Waals surface area contributed by atoms with Gasteiger partial charge >= 0.3 is 5.97 Å². The smallest absolute Gasteiger partial charge is 0.353 e. The van der Waals surface area contributed by atoms with Gasteiger partial charge in [-0.25, -0.2) is 9.78 Å². The molecule has 25 heavy (non-hydrogen) atoms. The van der Waals surface area contributed by atoms with Crippen LogP contribution in [0.4, 0.5) is 0 Å². The summed E-state index contributed by atoms with van der Waals surface area (Å²) in [5.74, 6) is 3.64. The number of nitrogens with zero attached hydrogens (tertiary/aromatic N) is 3. The number of hydrogen-bond donors (Lipinski definition) is 2. The fraction of sp³-hybridized carbons (Fsp3) is 0.353. The Morgan fingerprint density at radius 1 is 1.44 bits per heavy atom. The lowest BCUT2D eigenvalue weighted by Gasteiger charge is -2.46. The number of carbonyl (C=O) groups excluding carboxylic acids is 1. The van der Waals surface area contributed by atoms with Crippen LogP contribution in [0.25, 0.3) is 4.83 Å². The molecule has 0 unspecified atom stereocenters. The number of aromatic nitrogens is 2. The first kappa shape index (κ1) is 15.9. The predicted molar refractivity (Wildman–Crippen MR) is 89.6 cm³/mol. The van der Waals surface area contributed by atoms with Crippen LogP contribution in [0, 0.1) is 23.7 Å². The molecule has 0 bridgehead atoms. The summed E-state index contributed by atoms with van der Waals surface area (Å²) in [5, 5.41) is 19.4. The van der Waals surface area contributed by atoms with Gasteiger partial charge in [-0.1, -0.05) is 12.8 Å². The molecule has 4 atom stereocenters. The molecule has 0 spiro atoms. The van der Waals surface area contributed by atoms with E-state index in [9.17, 15) is 19.8 Å². The van der Waals surface area contributed by atoms with E-state index in [1.807, 2.05) is 17.5 Å². The first-order chi connectivity index (χ1) is 11.9. The van der Waals surface area contributed by atoms with Crippen molar-refractivity contribution in [1.29, 1.82) is 0 Å². The van der Waals surface area contributed by atoms with Crippen molar-refractivity contribution in [3.63, 3.8) is 0 Å². The van der Waals surface area contributed by atoms with Crippen LogP contribution in [-0.4, -0.2) is 48.5 Å². The molecular formula is C17H15N3O4S. The molecule has 1 saturated heterocycles. The monoisotopic (exact) mass is 357 g/mol. The van der Waals surface area contributed by atoms with Gasteiger partial charge in [-0.2, -0.15) is 0 Å². The summed E-state index contributed by atoms with van der Waals surface area (Å²) in [6, 6.07) is -0.342. The van der Waals surface area contributed by atoms with Gasteiger partial charge < -0.3 is 15.1 Å². The molecule has 0 aliphatic carbocycles. The summed E-state index contributed by atoms with van der Waals surface area (Å²) in [7, 11) is 0. The number of thiazole rings is 1. The van der Waals surface area contributed by atoms with Gasteiger partial charge in [0.25, 0.3) is 0 Å². The molecule has 2 aliphatic heterocycles. The van der Waals surface area contributed by atoms with Gasteiger partial charge in [-0.15, -0.1) is 11.3 Å². The molecule has 0 aromatic carbocycles. The number of carbonyl (C=O) groups is 2. The molecule has 1 amide bonds. The Hall–Kier alpha value is -2.63. The van der Waals surface area contributed by atoms with Crippen LogP contribution in [0.15, 0.2) is 30.0 Å². The predicted octanol–water partition coefficient (Wildman–Crippen LogP) is 0.943. The molecule has 2 aromatic heterocycles. The van der Waals surface area contributed by atoms with Crippen molar-refractivity contribution in [1.82, 2.24) is 14.3 Å². The highest BCUT2D eigenvalue weighted by Crippen LogP contribution is 2.46. The van der Waals surface area contributed by atoms with Gasteiger partial charge in [-0.3, -0.25) is 9.20 Å². The summed E-state index contributed by atoms with van der Waals surface area (Å²) < 4.78 is 1.85. The fourth-order valence-corrected chi connectivity index (χ4v) is 4.46. The van der Waals surface area contributed by atoms with Crippen LogP contribution in [0.5, 0.6) is 0 Å². The lowest BCUT2D eigenvalue weighted by atomic mass is 9.78. The summed E-state index contributed by atoms with van der Waals surface area (Å²) in [6.45, 7) is 3.40. The average molecular weight is 357 g/mol. The highest BCUT2D eigenvalue weighted by Gasteiger charge is 2.59. The number of hydrogen-bond acceptors (Lipinski definition) is 5. The first-order valence-electron chi connectivity index (χ1n) is 7.82. The van der Waals surface area contributed by atoms with E-state index in [-0.39, 0.29) is 23.6 Å². The quantitative estimate of drug-likeness (QED) is 0.616. The average Bonchev–Trinajstić information content (AvgIpc) is 3.16. The summed E-state index contributed by atoms with van der Waals surface area (Å²) in [5.41, 5.74) is 0.377. The second-order valence-corrected chi connectivity index (χ2v) is 7.37. The first-order valence-corrected chi connectivity index (χ1v) is 8.64. The number of aliphatic hydroxyl groups is 1. The van der Waals surface area contributed by atoms with Crippen LogP contribution < -0.4 is 0 Å². The van der Waals surface area contributed by atoms with Crippen LogP contribution in [0.3, 0.4) is 0 Å². The molecular weight excluding hydrogens is 342 g/mol. The number of aliphatic hydroxyl groups excluding tert-OH is 1. The standard InChI is InChI=1S/C17H15N3O4S/c1-8-11(4-3-10-6-19-7-18-5-12(19)25-10)15(17(23)24)20-14(8)13(9(2)21)16(20)22/h5-9,13-14,21H,1-2H3,(H,23,24)/t8-,9+,13+,14+/m0/s1. The molecule has 2 aromatic rings. The van der Waals surface area contributed by atoms with Gasteiger partial charge in [0, 0.05) is 17.7 Å². The van der Waals surface area contributed by atoms with Crippen LogP contribution >= 0.6 is 11.3 Å². The maximum absolute atomic E-state index is 12.3. The molecule has 0 saturated carbocycles. The fourth-order valence-electron chi connectivity index (χ4n) is 3.65. The Bertz CT molecular complexity index is 962. The third-order valence-corrected chi connectivity index (χ3v) is 5.75. The number of β-lactam (4-membered cyclic amide) rings is 1. The Morgan fingerprint density at radius 2 is 2.20 bits per heavy atom. The third-order valence-electron chi connectivity index (χ3n) is 4.80. The zero-order chi connectivity index (χ0) is 17.9. The van der Waals surface area contributed by atoms with Gasteiger partial charge in [0.1, 0.15) is 10.5 Å². The molecule has 4 rings (SSSR count). The zero-order valence-corrected chi connectivity index (χ0v) is 14.3. The summed E-state index contributed by atoms with van der Waals surface area (Å²) in [4.78, 5) is 31.0. The minimum atomic E-state index is -1.17. The second-order valence-electron chi connectivity index (χ2n) is 6.31. The zero-order valence-electron chi connectivity index (χ0n) is 13.5. The Kier molecular flexibility index (Phi) is 3.45. The largest absolute Gasteiger partial charge is 0.477 e. The maximum Gasteiger partial charge on any atom is 0.353 e. The van der Waals surface area contributed by atoms with Crippen LogP contribution in [0.1, 0.15) is 18.7 Å². The van der Waals surface area contributed by atoms with Crippen molar-refractivity contribution in [3.8, 4) is 11.8 Å². The van der Waals surface area contributed by atoms with Crippen LogP contribution in [0.2, 0.25) is 0 Å². The minimum absolute atomic E-state index is 0.0585. The van der Waals surface area contributed by atoms with E-state index in [0.717, 1.165) is 9.71 Å². The van der Waals surface area contributed by atoms with Gasteiger partial charge in [0.15, 0.2) is 0 Å². The topological polar surface area (TPSA) is 95.1 Å². The van der Waals surface area contributed by atoms with E-state index in [2.05, 4.69) is 16.8 Å². The third kappa shape index (κ3) is 2.20. The number of rotatable bonds is 2. The molecule has 7 nitrogen and oxygen atoms in total. The minimum Gasteiger partial charge on any atom is -0.477 e. The van der Waals surface area contributed by atoms with E-state index < -0.39 is 18.0 Å². The van der Waals surface area contributed by atoms with Gasteiger partial charge in [-0.05, 0) is 12.8 Å². The number of aliphatic carboxylic acids is 1. The molecule has 2 N–H and O–H groups in total. The van der Waals surface area contributed by atoms with E-state index in [4.69, 9.17) is 0 Å². The summed E-state index contributed by atoms with van der Waals surface area (Å²) in [6.07, 6.45) is 4.42. The Balaban J connectivity index is 1.73. The highest BCUT2D eigenvalue weighted by atomic mass is 32.1. The van der Waals surface area contributed by atoms with E-state index in [0.29, 0.717) is 5.57 Å². The van der Waals surface area contributed by atoms with Crippen molar-refractivity contribution in [2.24, 2.45) is 11.8 Å². The number of carboxylic acids is 1. The highest BCUT2D eigenvalue weighted by molar-refractivity contribution is 7.17. The normalized spacial score (nSPS) is 26.3. The van der Waals surface area contributed by atoms with Gasteiger partial charge in [0.05, 0.1) is 35.5 Å². The lowest BCUT2D eigenvalue weighted by Crippen LogP contribution is -2.63. The molecule has 8 heteroatoms. The number of imidazole rings is 1. The molecule has 1 fully saturated rings. The molecule has 128 valence electrons. The Labute approximate surface area is 147 Å². The second kappa shape index (κ2) is 5.44. The number of amides is 1. The summed E-state index contributed by atoms with van der Waals surface area (Å²) >= 11 is 1.46. The van der Waals surface area contributed by atoms with Crippen molar-refractivity contribution >= 4 is 28.0 Å². The molecule has 0 radical (unpaired) electrons. The van der Waals surface area contributed by atoms with E-state index in [1.54, 1.807) is 19.4 Å². The van der Waals surface area contributed by atoms with Crippen molar-refractivity contribution in [2.75, 3.05) is 0 Å². The molecule has 4 heterocycles. The Morgan fingerprint density at radius 3 is 2.84 bits per heavy atom. The lowest BCUT2D eigenvalue weighted by molar-refractivity contribution is -0.163. The van der Waals surface area contributed by atoms with Crippen molar-refractivity contribution < 1.29 is 19.8 Å². The van der Waals surface area contributed by atoms with E-state index >= 15 is 0 Å². The molecule has 2 aliphatic rings.